The van der Waals surface area contributed by atoms with Crippen LogP contribution >= 0.6 is 0 Å². The van der Waals surface area contributed by atoms with E-state index in [2.05, 4.69) is 27.7 Å². The van der Waals surface area contributed by atoms with Crippen LogP contribution in [0.4, 0.5) is 0 Å². The van der Waals surface area contributed by atoms with Crippen molar-refractivity contribution < 1.29 is 65.8 Å². The second-order valence-electron chi connectivity index (χ2n) is 12.2. The Balaban J connectivity index is -0.000000174. The molecule has 0 aromatic rings. The first kappa shape index (κ1) is 56.1. The van der Waals surface area contributed by atoms with Crippen molar-refractivity contribution in [2.24, 2.45) is 0 Å². The van der Waals surface area contributed by atoms with E-state index in [1.54, 1.807) is 0 Å². The second-order valence-corrected chi connectivity index (χ2v) is 12.2. The molecule has 0 fully saturated rings. The number of carbonyl (C=O) groups excluding carboxylic acids is 4. The molecule has 0 saturated carbocycles. The molecule has 4 N–H and O–H groups in total. The summed E-state index contributed by atoms with van der Waals surface area (Å²) in [5, 5.41) is 36.6. The summed E-state index contributed by atoms with van der Waals surface area (Å²) in [7, 11) is 0. The summed E-state index contributed by atoms with van der Waals surface area (Å²) in [6, 6.07) is 0. The Morgan fingerprint density at radius 1 is 0.347 bits per heavy atom. The van der Waals surface area contributed by atoms with Crippen LogP contribution in [0.5, 0.6) is 0 Å². The van der Waals surface area contributed by atoms with Gasteiger partial charge in [-0.2, -0.15) is 0 Å². The molecular weight excluding hydrogens is 700 g/mol. The maximum absolute atomic E-state index is 10.5. The minimum Gasteiger partial charge on any atom is -0.512 e. The first-order valence-electron chi connectivity index (χ1n) is 18.3. The summed E-state index contributed by atoms with van der Waals surface area (Å²) in [5.41, 5.74) is 0. The third-order valence-corrected chi connectivity index (χ3v) is 6.63. The van der Waals surface area contributed by atoms with Gasteiger partial charge in [0.05, 0.1) is 23.0 Å². The molecule has 8 nitrogen and oxygen atoms in total. The molecule has 0 aliphatic carbocycles. The number of hydrogen-bond donors (Lipinski definition) is 4. The Bertz CT molecular complexity index is 796. The van der Waals surface area contributed by atoms with Crippen molar-refractivity contribution in [1.82, 2.24) is 0 Å². The number of allylic oxidation sites excluding steroid dienone is 8. The minimum absolute atomic E-state index is 0. The van der Waals surface area contributed by atoms with Gasteiger partial charge in [0.25, 0.3) is 0 Å². The third kappa shape index (κ3) is 61.4. The van der Waals surface area contributed by atoms with E-state index >= 15 is 0 Å². The first-order valence-corrected chi connectivity index (χ1v) is 18.3. The van der Waals surface area contributed by atoms with Crippen LogP contribution in [0.3, 0.4) is 0 Å². The monoisotopic (exact) mass is 770 g/mol. The number of carbonyl (C=O) groups is 4. The molecule has 0 unspecified atom stereocenters. The summed E-state index contributed by atoms with van der Waals surface area (Å²) in [6.07, 6.45) is 25.7. The number of aliphatic hydroxyl groups excluding tert-OH is 4. The van der Waals surface area contributed by atoms with Crippen LogP contribution in [0.25, 0.3) is 0 Å². The molecule has 9 heteroatoms. The zero-order valence-corrected chi connectivity index (χ0v) is 34.8. The maximum atomic E-state index is 10.5. The number of aliphatic hydroxyl groups is 4. The molecule has 0 atom stereocenters. The maximum Gasteiger partial charge on any atom is 0.155 e. The molecule has 0 heterocycles. The van der Waals surface area contributed by atoms with Crippen molar-refractivity contribution in [2.75, 3.05) is 0 Å². The van der Waals surface area contributed by atoms with Gasteiger partial charge in [-0.1, -0.05) is 105 Å². The van der Waals surface area contributed by atoms with Gasteiger partial charge in [-0.15, -0.1) is 0 Å². The predicted octanol–water partition coefficient (Wildman–Crippen LogP) is 11.9. The molecule has 0 saturated heterocycles. The molecule has 49 heavy (non-hydrogen) atoms. The van der Waals surface area contributed by atoms with Crippen LogP contribution < -0.4 is 0 Å². The van der Waals surface area contributed by atoms with Crippen molar-refractivity contribution in [3.05, 3.63) is 47.3 Å². The van der Waals surface area contributed by atoms with Crippen LogP contribution in [0.2, 0.25) is 0 Å². The molecular formula is C40H72O8Zr. The summed E-state index contributed by atoms with van der Waals surface area (Å²) >= 11 is 0. The van der Waals surface area contributed by atoms with Crippen molar-refractivity contribution >= 4 is 23.1 Å². The van der Waals surface area contributed by atoms with Crippen LogP contribution in [0.15, 0.2) is 47.3 Å². The smallest absolute Gasteiger partial charge is 0.155 e. The Labute approximate surface area is 318 Å². The van der Waals surface area contributed by atoms with E-state index in [1.807, 2.05) is 0 Å². The summed E-state index contributed by atoms with van der Waals surface area (Å²) in [5.74, 6) is 0.561. The molecule has 0 aliphatic rings. The number of ketones is 4. The molecule has 0 aromatic carbocycles. The largest absolute Gasteiger partial charge is 0.512 e. The van der Waals surface area contributed by atoms with Crippen LogP contribution in [0, 0.1) is 0 Å². The molecule has 0 spiro atoms. The van der Waals surface area contributed by atoms with Gasteiger partial charge < -0.3 is 20.4 Å². The average molecular weight is 772 g/mol. The standard InChI is InChI=1S/4C10H18O2.Zr/c4*1-3-4-5-6-7-10(12)8-9(2)11;/h4*8,12H,3-7H2,1-2H3;/b4*10-8-;. The van der Waals surface area contributed by atoms with E-state index in [1.165, 1.54) is 103 Å². The summed E-state index contributed by atoms with van der Waals surface area (Å²) in [6.45, 7) is 14.4. The van der Waals surface area contributed by atoms with Gasteiger partial charge in [-0.05, 0) is 53.4 Å². The van der Waals surface area contributed by atoms with Gasteiger partial charge in [0.1, 0.15) is 0 Å². The van der Waals surface area contributed by atoms with E-state index in [9.17, 15) is 19.2 Å². The molecule has 0 aromatic heterocycles. The van der Waals surface area contributed by atoms with Crippen molar-refractivity contribution in [3.63, 3.8) is 0 Å². The number of unbranched alkanes of at least 4 members (excludes halogenated alkanes) is 12. The van der Waals surface area contributed by atoms with E-state index in [-0.39, 0.29) is 72.4 Å². The quantitative estimate of drug-likeness (QED) is 0.0430. The second kappa shape index (κ2) is 43.7. The van der Waals surface area contributed by atoms with Crippen LogP contribution in [-0.4, -0.2) is 43.6 Å². The molecule has 284 valence electrons. The minimum atomic E-state index is -0.0806. The molecule has 0 aliphatic heterocycles. The number of hydrogen-bond acceptors (Lipinski definition) is 8. The van der Waals surface area contributed by atoms with Gasteiger partial charge in [-0.25, -0.2) is 0 Å². The summed E-state index contributed by atoms with van der Waals surface area (Å²) in [4.78, 5) is 42.0. The van der Waals surface area contributed by atoms with Gasteiger partial charge in [-0.3, -0.25) is 19.2 Å². The SMILES string of the molecule is CCCCCC/C(O)=C/C(C)=O.CCCCCC/C(O)=C/C(C)=O.CCCCCC/C(O)=C/C(C)=O.CCCCCC/C(O)=C/C(C)=O.[Zr]. The van der Waals surface area contributed by atoms with E-state index in [0.717, 1.165) is 51.4 Å². The Hall–Kier alpha value is -2.28. The molecule has 0 bridgehead atoms. The summed E-state index contributed by atoms with van der Waals surface area (Å²) < 4.78 is 0. The number of rotatable bonds is 24. The molecule has 0 rings (SSSR count). The van der Waals surface area contributed by atoms with Gasteiger partial charge in [0.2, 0.25) is 0 Å². The van der Waals surface area contributed by atoms with Crippen molar-refractivity contribution in [3.8, 4) is 0 Å². The van der Waals surface area contributed by atoms with Crippen LogP contribution in [0.1, 0.15) is 184 Å². The Kier molecular flexibility index (Phi) is 50.1. The van der Waals surface area contributed by atoms with Crippen molar-refractivity contribution in [1.29, 1.82) is 0 Å². The average Bonchev–Trinajstić information content (AvgIpc) is 2.98. The normalized spacial score (nSPS) is 11.4. The molecule has 0 radical (unpaired) electrons. The van der Waals surface area contributed by atoms with E-state index in [4.69, 9.17) is 20.4 Å². The fraction of sp³-hybridized carbons (Fsp3) is 0.700. The molecule has 0 amide bonds. The Morgan fingerprint density at radius 3 is 0.633 bits per heavy atom. The van der Waals surface area contributed by atoms with Gasteiger partial charge in [0, 0.05) is 76.2 Å². The fourth-order valence-corrected chi connectivity index (χ4v) is 4.16. The topological polar surface area (TPSA) is 149 Å². The zero-order chi connectivity index (χ0) is 37.6. The van der Waals surface area contributed by atoms with Crippen LogP contribution in [-0.2, 0) is 45.4 Å². The fourth-order valence-electron chi connectivity index (χ4n) is 4.16. The first-order chi connectivity index (χ1) is 22.7. The zero-order valence-electron chi connectivity index (χ0n) is 32.4. The predicted molar refractivity (Wildman–Crippen MR) is 201 cm³/mol. The van der Waals surface area contributed by atoms with E-state index in [0.29, 0.717) is 25.7 Å². The van der Waals surface area contributed by atoms with Gasteiger partial charge in [0.15, 0.2) is 23.1 Å². The van der Waals surface area contributed by atoms with Crippen molar-refractivity contribution in [2.45, 2.75) is 184 Å². The third-order valence-electron chi connectivity index (χ3n) is 6.63. The van der Waals surface area contributed by atoms with Gasteiger partial charge >= 0.3 is 0 Å². The Morgan fingerprint density at radius 2 is 0.510 bits per heavy atom. The van der Waals surface area contributed by atoms with E-state index < -0.39 is 0 Å².